The molecule has 0 aliphatic carbocycles. The molecule has 92 valence electrons. The van der Waals surface area contributed by atoms with Gasteiger partial charge in [-0.15, -0.1) is 0 Å². The van der Waals surface area contributed by atoms with Crippen LogP contribution >= 0.6 is 11.6 Å². The lowest BCUT2D eigenvalue weighted by Gasteiger charge is -2.11. The molecule has 4 heteroatoms. The van der Waals surface area contributed by atoms with Crippen molar-refractivity contribution in [3.05, 3.63) is 53.6 Å². The van der Waals surface area contributed by atoms with Crippen LogP contribution in [0.4, 0.5) is 17.1 Å². The smallest absolute Gasteiger partial charge is 0.0858 e. The normalized spacial score (nSPS) is 10.8. The van der Waals surface area contributed by atoms with E-state index in [4.69, 9.17) is 11.6 Å². The highest BCUT2D eigenvalue weighted by molar-refractivity contribution is 6.30. The molecule has 0 amide bonds. The maximum atomic E-state index is 5.80. The van der Waals surface area contributed by atoms with Crippen molar-refractivity contribution in [1.29, 1.82) is 0 Å². The van der Waals surface area contributed by atoms with E-state index in [1.54, 1.807) is 12.1 Å². The maximum Gasteiger partial charge on any atom is 0.0858 e. The van der Waals surface area contributed by atoms with Gasteiger partial charge in [0.25, 0.3) is 0 Å². The van der Waals surface area contributed by atoms with E-state index in [1.165, 1.54) is 0 Å². The Kier molecular flexibility index (Phi) is 3.95. The summed E-state index contributed by atoms with van der Waals surface area (Å²) in [6, 6.07) is 15.2. The molecule has 0 saturated carbocycles. The van der Waals surface area contributed by atoms with Gasteiger partial charge in [-0.05, 0) is 48.5 Å². The van der Waals surface area contributed by atoms with Crippen LogP contribution in [-0.2, 0) is 0 Å². The van der Waals surface area contributed by atoms with Crippen molar-refractivity contribution in [2.24, 2.45) is 10.2 Å². The lowest BCUT2D eigenvalue weighted by molar-refractivity contribution is 1.13. The molecule has 3 nitrogen and oxygen atoms in total. The Labute approximate surface area is 112 Å². The molecule has 0 radical (unpaired) electrons. The summed E-state index contributed by atoms with van der Waals surface area (Å²) in [7, 11) is 4.01. The van der Waals surface area contributed by atoms with Gasteiger partial charge in [0.15, 0.2) is 0 Å². The number of hydrogen-bond donors (Lipinski definition) is 0. The summed E-state index contributed by atoms with van der Waals surface area (Å²) in [5.41, 5.74) is 2.76. The van der Waals surface area contributed by atoms with Crippen molar-refractivity contribution in [2.75, 3.05) is 19.0 Å². The molecular formula is C14H14ClN3. The molecule has 0 N–H and O–H groups in total. The van der Waals surface area contributed by atoms with Crippen LogP contribution in [0.25, 0.3) is 0 Å². The first-order valence-electron chi connectivity index (χ1n) is 5.60. The van der Waals surface area contributed by atoms with Crippen molar-refractivity contribution in [1.82, 2.24) is 0 Å². The van der Waals surface area contributed by atoms with Crippen molar-refractivity contribution in [3.8, 4) is 0 Å². The highest BCUT2D eigenvalue weighted by Crippen LogP contribution is 2.22. The van der Waals surface area contributed by atoms with Gasteiger partial charge in [-0.2, -0.15) is 10.2 Å². The van der Waals surface area contributed by atoms with Crippen LogP contribution < -0.4 is 4.90 Å². The van der Waals surface area contributed by atoms with Crippen LogP contribution in [0, 0.1) is 0 Å². The molecule has 2 rings (SSSR count). The second-order valence-corrected chi connectivity index (χ2v) is 4.52. The average Bonchev–Trinajstić information content (AvgIpc) is 2.38. The fraction of sp³-hybridized carbons (Fsp3) is 0.143. The number of azo groups is 1. The maximum absolute atomic E-state index is 5.80. The molecule has 0 saturated heterocycles. The number of hydrogen-bond acceptors (Lipinski definition) is 3. The van der Waals surface area contributed by atoms with Crippen LogP contribution in [0.2, 0.25) is 5.02 Å². The first kappa shape index (κ1) is 12.6. The van der Waals surface area contributed by atoms with E-state index >= 15 is 0 Å². The van der Waals surface area contributed by atoms with E-state index in [9.17, 15) is 0 Å². The van der Waals surface area contributed by atoms with Crippen LogP contribution in [0.3, 0.4) is 0 Å². The zero-order valence-electron chi connectivity index (χ0n) is 10.3. The van der Waals surface area contributed by atoms with E-state index in [-0.39, 0.29) is 0 Å². The molecule has 0 unspecified atom stereocenters. The van der Waals surface area contributed by atoms with Gasteiger partial charge in [0.1, 0.15) is 0 Å². The van der Waals surface area contributed by atoms with Gasteiger partial charge in [-0.3, -0.25) is 0 Å². The Morgan fingerprint density at radius 3 is 1.67 bits per heavy atom. The lowest BCUT2D eigenvalue weighted by atomic mass is 10.3. The van der Waals surface area contributed by atoms with E-state index in [0.29, 0.717) is 5.02 Å². The summed E-state index contributed by atoms with van der Waals surface area (Å²) >= 11 is 5.80. The van der Waals surface area contributed by atoms with Gasteiger partial charge in [0.05, 0.1) is 11.4 Å². The third-order valence-electron chi connectivity index (χ3n) is 2.47. The standard InChI is InChI=1S/C14H14ClN3/c1-18(2)14-9-7-13(8-10-14)17-16-12-5-3-11(15)4-6-12/h3-10H,1-2H3/b17-16+. The minimum atomic E-state index is 0.698. The molecule has 0 heterocycles. The zero-order chi connectivity index (χ0) is 13.0. The van der Waals surface area contributed by atoms with Crippen molar-refractivity contribution in [3.63, 3.8) is 0 Å². The predicted octanol–water partition coefficient (Wildman–Crippen LogP) is 4.82. The van der Waals surface area contributed by atoms with E-state index in [0.717, 1.165) is 17.1 Å². The van der Waals surface area contributed by atoms with Crippen molar-refractivity contribution in [2.45, 2.75) is 0 Å². The molecule has 0 fully saturated rings. The average molecular weight is 260 g/mol. The fourth-order valence-corrected chi connectivity index (χ4v) is 1.57. The second kappa shape index (κ2) is 5.65. The third kappa shape index (κ3) is 3.31. The van der Waals surface area contributed by atoms with E-state index < -0.39 is 0 Å². The molecule has 0 spiro atoms. The second-order valence-electron chi connectivity index (χ2n) is 4.09. The molecule has 2 aromatic rings. The summed E-state index contributed by atoms with van der Waals surface area (Å²) in [4.78, 5) is 2.04. The molecule has 2 aromatic carbocycles. The largest absolute Gasteiger partial charge is 0.378 e. The highest BCUT2D eigenvalue weighted by atomic mass is 35.5. The van der Waals surface area contributed by atoms with Gasteiger partial charge < -0.3 is 4.90 Å². The molecular weight excluding hydrogens is 246 g/mol. The molecule has 0 atom stereocenters. The van der Waals surface area contributed by atoms with Crippen molar-refractivity contribution >= 4 is 28.7 Å². The Balaban J connectivity index is 2.11. The third-order valence-corrected chi connectivity index (χ3v) is 2.73. The monoisotopic (exact) mass is 259 g/mol. The van der Waals surface area contributed by atoms with Gasteiger partial charge in [-0.25, -0.2) is 0 Å². The molecule has 18 heavy (non-hydrogen) atoms. The number of rotatable bonds is 3. The highest BCUT2D eigenvalue weighted by Gasteiger charge is 1.95. The summed E-state index contributed by atoms with van der Waals surface area (Å²) in [6.07, 6.45) is 0. The van der Waals surface area contributed by atoms with Crippen LogP contribution in [-0.4, -0.2) is 14.1 Å². The van der Waals surface area contributed by atoms with Gasteiger partial charge in [-0.1, -0.05) is 11.6 Å². The van der Waals surface area contributed by atoms with Crippen LogP contribution in [0.5, 0.6) is 0 Å². The van der Waals surface area contributed by atoms with Crippen LogP contribution in [0.1, 0.15) is 0 Å². The van der Waals surface area contributed by atoms with Gasteiger partial charge in [0, 0.05) is 24.8 Å². The Morgan fingerprint density at radius 2 is 1.22 bits per heavy atom. The number of nitrogens with zero attached hydrogens (tertiary/aromatic N) is 3. The molecule has 0 aromatic heterocycles. The molecule has 0 aliphatic heterocycles. The Bertz CT molecular complexity index is 530. The van der Waals surface area contributed by atoms with Crippen molar-refractivity contribution < 1.29 is 0 Å². The summed E-state index contributed by atoms with van der Waals surface area (Å²) in [5.74, 6) is 0. The van der Waals surface area contributed by atoms with Gasteiger partial charge in [0.2, 0.25) is 0 Å². The zero-order valence-corrected chi connectivity index (χ0v) is 11.1. The van der Waals surface area contributed by atoms with E-state index in [1.807, 2.05) is 55.4 Å². The minimum Gasteiger partial charge on any atom is -0.378 e. The van der Waals surface area contributed by atoms with Gasteiger partial charge >= 0.3 is 0 Å². The lowest BCUT2D eigenvalue weighted by Crippen LogP contribution is -2.07. The minimum absolute atomic E-state index is 0.698. The molecule has 0 aliphatic rings. The number of anilines is 1. The first-order chi connectivity index (χ1) is 8.65. The quantitative estimate of drug-likeness (QED) is 0.726. The first-order valence-corrected chi connectivity index (χ1v) is 5.97. The molecule has 0 bridgehead atoms. The Hall–Kier alpha value is -1.87. The number of benzene rings is 2. The van der Waals surface area contributed by atoms with E-state index in [2.05, 4.69) is 10.2 Å². The summed E-state index contributed by atoms with van der Waals surface area (Å²) < 4.78 is 0. The Morgan fingerprint density at radius 1 is 0.778 bits per heavy atom. The summed E-state index contributed by atoms with van der Waals surface area (Å²) in [6.45, 7) is 0. The summed E-state index contributed by atoms with van der Waals surface area (Å²) in [5, 5.41) is 9.01. The predicted molar refractivity (Wildman–Crippen MR) is 76.4 cm³/mol. The SMILES string of the molecule is CN(C)c1ccc(/N=N/c2ccc(Cl)cc2)cc1. The topological polar surface area (TPSA) is 28.0 Å². The number of halogens is 1. The fourth-order valence-electron chi connectivity index (χ4n) is 1.44. The van der Waals surface area contributed by atoms with Crippen LogP contribution in [0.15, 0.2) is 58.8 Å².